The summed E-state index contributed by atoms with van der Waals surface area (Å²) in [5.41, 5.74) is 0.404. The highest BCUT2D eigenvalue weighted by atomic mass is 16.3. The number of carbonyl (C=O) groups excluding carboxylic acids is 1. The fraction of sp³-hybridized carbons (Fsp3) is 0.333. The van der Waals surface area contributed by atoms with Crippen LogP contribution in [0.1, 0.15) is 20.8 Å². The monoisotopic (exact) mass is 167 g/mol. The molecule has 12 heavy (non-hydrogen) atoms. The first-order chi connectivity index (χ1) is 5.49. The predicted octanol–water partition coefficient (Wildman–Crippen LogP) is 2.00. The Hall–Kier alpha value is -1.38. The maximum atomic E-state index is 10.9. The van der Waals surface area contributed by atoms with E-state index in [0.29, 0.717) is 0 Å². The maximum Gasteiger partial charge on any atom is 0.161 e. The van der Waals surface area contributed by atoms with Gasteiger partial charge in [-0.2, -0.15) is 0 Å². The van der Waals surface area contributed by atoms with E-state index in [0.717, 1.165) is 0 Å². The number of carbonyl (C=O) groups is 1. The van der Waals surface area contributed by atoms with Crippen LogP contribution in [-0.2, 0) is 4.79 Å². The Morgan fingerprint density at radius 3 is 2.17 bits per heavy atom. The molecular weight excluding hydrogens is 154 g/mol. The molecular formula is C9H13NO2. The van der Waals surface area contributed by atoms with Crippen molar-refractivity contribution in [2.45, 2.75) is 20.8 Å². The molecule has 0 aromatic heterocycles. The molecule has 0 amide bonds. The van der Waals surface area contributed by atoms with Crippen molar-refractivity contribution in [3.05, 3.63) is 23.5 Å². The van der Waals surface area contributed by atoms with Crippen molar-refractivity contribution in [2.75, 3.05) is 0 Å². The van der Waals surface area contributed by atoms with Crippen molar-refractivity contribution in [3.8, 4) is 0 Å². The van der Waals surface area contributed by atoms with Gasteiger partial charge in [0.1, 0.15) is 5.76 Å². The summed E-state index contributed by atoms with van der Waals surface area (Å²) in [6.07, 6.45) is 2.76. The van der Waals surface area contributed by atoms with Gasteiger partial charge in [-0.05, 0) is 32.9 Å². The first kappa shape index (κ1) is 10.6. The average molecular weight is 167 g/mol. The van der Waals surface area contributed by atoms with E-state index in [1.54, 1.807) is 6.92 Å². The van der Waals surface area contributed by atoms with Gasteiger partial charge in [0.25, 0.3) is 0 Å². The number of allylic oxidation sites excluding steroid dienone is 3. The van der Waals surface area contributed by atoms with Crippen molar-refractivity contribution in [2.24, 2.45) is 0 Å². The normalized spacial score (nSPS) is 12.9. The Morgan fingerprint density at radius 1 is 1.42 bits per heavy atom. The van der Waals surface area contributed by atoms with Crippen molar-refractivity contribution in [3.63, 3.8) is 0 Å². The number of Topliss-reactive ketones (excluding diaryl/α,β-unsaturated/α-hetero) is 1. The van der Waals surface area contributed by atoms with Crippen LogP contribution in [0.4, 0.5) is 0 Å². The van der Waals surface area contributed by atoms with E-state index in [9.17, 15) is 4.79 Å². The number of ketones is 1. The molecule has 0 radical (unpaired) electrons. The third-order valence-electron chi connectivity index (χ3n) is 1.37. The fourth-order valence-electron chi connectivity index (χ4n) is 0.705. The van der Waals surface area contributed by atoms with Gasteiger partial charge in [-0.25, -0.2) is 0 Å². The first-order valence-electron chi connectivity index (χ1n) is 3.62. The molecule has 0 aliphatic heterocycles. The zero-order valence-electron chi connectivity index (χ0n) is 7.51. The van der Waals surface area contributed by atoms with E-state index in [1.807, 2.05) is 0 Å². The molecule has 66 valence electrons. The van der Waals surface area contributed by atoms with Crippen molar-refractivity contribution >= 4 is 11.5 Å². The molecule has 0 heterocycles. The maximum absolute atomic E-state index is 10.9. The van der Waals surface area contributed by atoms with E-state index >= 15 is 0 Å². The Kier molecular flexibility index (Phi) is 3.97. The van der Waals surface area contributed by atoms with E-state index in [1.165, 1.54) is 26.0 Å². The van der Waals surface area contributed by atoms with Gasteiger partial charge in [0.2, 0.25) is 0 Å². The molecule has 3 heteroatoms. The Morgan fingerprint density at radius 2 is 1.92 bits per heavy atom. The van der Waals surface area contributed by atoms with Gasteiger partial charge in [0.05, 0.1) is 0 Å². The van der Waals surface area contributed by atoms with Gasteiger partial charge in [-0.1, -0.05) is 0 Å². The average Bonchev–Trinajstić information content (AvgIpc) is 1.98. The lowest BCUT2D eigenvalue weighted by atomic mass is 10.1. The van der Waals surface area contributed by atoms with Crippen LogP contribution < -0.4 is 0 Å². The minimum atomic E-state index is -0.212. The summed E-state index contributed by atoms with van der Waals surface area (Å²) < 4.78 is 0. The molecule has 0 aliphatic carbocycles. The van der Waals surface area contributed by atoms with Gasteiger partial charge in [0, 0.05) is 11.3 Å². The molecule has 0 bridgehead atoms. The molecule has 3 nitrogen and oxygen atoms in total. The Labute approximate surface area is 71.9 Å². The van der Waals surface area contributed by atoms with Gasteiger partial charge < -0.3 is 10.5 Å². The van der Waals surface area contributed by atoms with Gasteiger partial charge in [-0.3, -0.25) is 4.79 Å². The van der Waals surface area contributed by atoms with Crippen LogP contribution in [0.15, 0.2) is 23.5 Å². The summed E-state index contributed by atoms with van der Waals surface area (Å²) in [5, 5.41) is 16.3. The lowest BCUT2D eigenvalue weighted by Gasteiger charge is -1.99. The molecule has 0 unspecified atom stereocenters. The highest BCUT2D eigenvalue weighted by Crippen LogP contribution is 2.02. The Bertz CT molecular complexity index is 246. The SMILES string of the molecule is C/C=C(O)\C=C(/C(C)=N)C(C)=O. The number of rotatable bonds is 3. The fourth-order valence-corrected chi connectivity index (χ4v) is 0.705. The first-order valence-corrected chi connectivity index (χ1v) is 3.62. The summed E-state index contributed by atoms with van der Waals surface area (Å²) in [5.74, 6) is -0.206. The zero-order chi connectivity index (χ0) is 9.72. The van der Waals surface area contributed by atoms with Crippen molar-refractivity contribution < 1.29 is 9.90 Å². The van der Waals surface area contributed by atoms with Crippen LogP contribution in [0.25, 0.3) is 0 Å². The second-order valence-corrected chi connectivity index (χ2v) is 2.45. The Balaban J connectivity index is 4.87. The van der Waals surface area contributed by atoms with Crippen molar-refractivity contribution in [1.82, 2.24) is 0 Å². The minimum Gasteiger partial charge on any atom is -0.508 e. The van der Waals surface area contributed by atoms with Crippen LogP contribution >= 0.6 is 0 Å². The van der Waals surface area contributed by atoms with Gasteiger partial charge in [-0.15, -0.1) is 0 Å². The molecule has 0 atom stereocenters. The summed E-state index contributed by atoms with van der Waals surface area (Å²) in [7, 11) is 0. The zero-order valence-corrected chi connectivity index (χ0v) is 7.51. The smallest absolute Gasteiger partial charge is 0.161 e. The summed E-state index contributed by atoms with van der Waals surface area (Å²) in [4.78, 5) is 10.9. The van der Waals surface area contributed by atoms with Gasteiger partial charge in [0.15, 0.2) is 5.78 Å². The topological polar surface area (TPSA) is 61.1 Å². The van der Waals surface area contributed by atoms with E-state index in [-0.39, 0.29) is 22.8 Å². The van der Waals surface area contributed by atoms with Crippen LogP contribution in [0.5, 0.6) is 0 Å². The van der Waals surface area contributed by atoms with Crippen LogP contribution in [0.2, 0.25) is 0 Å². The standard InChI is InChI=1S/C9H13NO2/c1-4-8(12)5-9(6(2)10)7(3)11/h4-5,10,12H,1-3H3/b8-4+,9-5+,10-6?. The third kappa shape index (κ3) is 3.14. The summed E-state index contributed by atoms with van der Waals surface area (Å²) in [6, 6.07) is 0. The van der Waals surface area contributed by atoms with Gasteiger partial charge >= 0.3 is 0 Å². The molecule has 0 saturated heterocycles. The van der Waals surface area contributed by atoms with Crippen molar-refractivity contribution in [1.29, 1.82) is 5.41 Å². The summed E-state index contributed by atoms with van der Waals surface area (Å²) >= 11 is 0. The molecule has 0 spiro atoms. The quantitative estimate of drug-likeness (QED) is 0.292. The predicted molar refractivity (Wildman–Crippen MR) is 48.6 cm³/mol. The number of hydrogen-bond donors (Lipinski definition) is 2. The highest BCUT2D eigenvalue weighted by Gasteiger charge is 2.05. The van der Waals surface area contributed by atoms with E-state index in [4.69, 9.17) is 10.5 Å². The molecule has 0 saturated carbocycles. The summed E-state index contributed by atoms with van der Waals surface area (Å²) in [6.45, 7) is 4.53. The largest absolute Gasteiger partial charge is 0.508 e. The molecule has 0 rings (SSSR count). The minimum absolute atomic E-state index is 0.00630. The molecule has 2 N–H and O–H groups in total. The number of aliphatic hydroxyl groups excluding tert-OH is 1. The molecule has 0 aromatic carbocycles. The number of aliphatic hydroxyl groups is 1. The van der Waals surface area contributed by atoms with Crippen LogP contribution in [0, 0.1) is 5.41 Å². The number of hydrogen-bond acceptors (Lipinski definition) is 3. The van der Waals surface area contributed by atoms with Crippen LogP contribution in [0.3, 0.4) is 0 Å². The highest BCUT2D eigenvalue weighted by molar-refractivity contribution is 6.19. The van der Waals surface area contributed by atoms with E-state index in [2.05, 4.69) is 0 Å². The van der Waals surface area contributed by atoms with E-state index < -0.39 is 0 Å². The molecule has 0 aromatic rings. The third-order valence-corrected chi connectivity index (χ3v) is 1.37. The molecule has 0 fully saturated rings. The second-order valence-electron chi connectivity index (χ2n) is 2.45. The van der Waals surface area contributed by atoms with Crippen LogP contribution in [-0.4, -0.2) is 16.6 Å². The lowest BCUT2D eigenvalue weighted by Crippen LogP contribution is -2.05. The second kappa shape index (κ2) is 4.49. The number of nitrogens with one attached hydrogen (secondary N) is 1. The molecule has 0 aliphatic rings. The lowest BCUT2D eigenvalue weighted by molar-refractivity contribution is -0.113.